The average molecular weight is 351 g/mol. The number of nitrogens with one attached hydrogen (secondary N) is 2. The Morgan fingerprint density at radius 3 is 2.71 bits per heavy atom. The van der Waals surface area contributed by atoms with E-state index in [2.05, 4.69) is 32.9 Å². The van der Waals surface area contributed by atoms with Gasteiger partial charge >= 0.3 is 0 Å². The third-order valence-electron chi connectivity index (χ3n) is 2.41. The molecule has 1 unspecified atom stereocenters. The van der Waals surface area contributed by atoms with E-state index in [0.29, 0.717) is 5.92 Å². The van der Waals surface area contributed by atoms with Crippen LogP contribution in [-0.4, -0.2) is 26.3 Å². The van der Waals surface area contributed by atoms with E-state index in [4.69, 9.17) is 0 Å². The molecule has 0 saturated carbocycles. The van der Waals surface area contributed by atoms with Crippen LogP contribution in [0, 0.1) is 16.0 Å². The van der Waals surface area contributed by atoms with Crippen LogP contribution in [0.1, 0.15) is 24.3 Å². The Hall–Kier alpha value is -1.12. The summed E-state index contributed by atoms with van der Waals surface area (Å²) in [5, 5.41) is 13.3. The predicted molar refractivity (Wildman–Crippen MR) is 72.4 cm³/mol. The van der Waals surface area contributed by atoms with Crippen molar-refractivity contribution in [3.05, 3.63) is 28.1 Å². The lowest BCUT2D eigenvalue weighted by molar-refractivity contribution is -0.384. The van der Waals surface area contributed by atoms with Crippen LogP contribution in [0.15, 0.2) is 12.3 Å². The van der Waals surface area contributed by atoms with Crippen LogP contribution in [0.25, 0.3) is 0 Å². The molecule has 0 bridgehead atoms. The number of aromatic amines is 1. The molecule has 1 aromatic heterocycles. The van der Waals surface area contributed by atoms with Gasteiger partial charge in [-0.3, -0.25) is 14.9 Å². The lowest BCUT2D eigenvalue weighted by Gasteiger charge is -2.19. The lowest BCUT2D eigenvalue weighted by Crippen LogP contribution is -2.39. The van der Waals surface area contributed by atoms with E-state index in [1.165, 1.54) is 12.3 Å². The quantitative estimate of drug-likeness (QED) is 0.369. The number of halogens is 1. The first-order valence-corrected chi connectivity index (χ1v) is 6.68. The van der Waals surface area contributed by atoms with Gasteiger partial charge in [-0.1, -0.05) is 36.4 Å². The first-order valence-electron chi connectivity index (χ1n) is 5.15. The second kappa shape index (κ2) is 5.99. The molecule has 6 nitrogen and oxygen atoms in total. The molecule has 0 aliphatic heterocycles. The third kappa shape index (κ3) is 3.69. The Bertz CT molecular complexity index is 417. The van der Waals surface area contributed by atoms with Gasteiger partial charge in [-0.25, -0.2) is 0 Å². The number of rotatable bonds is 5. The molecule has 1 rings (SSSR count). The first kappa shape index (κ1) is 13.9. The average Bonchev–Trinajstić information content (AvgIpc) is 2.74. The molecule has 1 atom stereocenters. The number of nitro groups is 1. The molecule has 7 heteroatoms. The molecule has 2 N–H and O–H groups in total. The fraction of sp³-hybridized carbons (Fsp3) is 0.500. The van der Waals surface area contributed by atoms with E-state index in [1.54, 1.807) is 0 Å². The molecule has 1 amide bonds. The van der Waals surface area contributed by atoms with Gasteiger partial charge in [0, 0.05) is 16.5 Å². The normalized spacial score (nSPS) is 12.5. The molecule has 0 radical (unpaired) electrons. The molecule has 0 fully saturated rings. The van der Waals surface area contributed by atoms with Crippen molar-refractivity contribution in [1.29, 1.82) is 0 Å². The van der Waals surface area contributed by atoms with Crippen LogP contribution in [0.2, 0.25) is 0 Å². The van der Waals surface area contributed by atoms with E-state index in [1.807, 2.05) is 13.8 Å². The van der Waals surface area contributed by atoms with Gasteiger partial charge in [0.25, 0.3) is 11.6 Å². The smallest absolute Gasteiger partial charge is 0.287 e. The number of carbonyl (C=O) groups is 1. The summed E-state index contributed by atoms with van der Waals surface area (Å²) in [5.74, 6) is 0.00858. The van der Waals surface area contributed by atoms with E-state index in [-0.39, 0.29) is 23.3 Å². The number of carbonyl (C=O) groups excluding carboxylic acids is 1. The number of aromatic nitrogens is 1. The number of hydrogen-bond acceptors (Lipinski definition) is 3. The summed E-state index contributed by atoms with van der Waals surface area (Å²) >= 11 is 2.20. The minimum Gasteiger partial charge on any atom is -0.351 e. The Balaban J connectivity index is 2.72. The minimum atomic E-state index is -0.536. The fourth-order valence-corrected chi connectivity index (χ4v) is 2.49. The van der Waals surface area contributed by atoms with Gasteiger partial charge in [0.05, 0.1) is 11.1 Å². The van der Waals surface area contributed by atoms with Crippen LogP contribution in [0.4, 0.5) is 5.69 Å². The molecule has 1 heterocycles. The molecular weight excluding hydrogens is 337 g/mol. The first-order chi connectivity index (χ1) is 7.95. The van der Waals surface area contributed by atoms with Crippen molar-refractivity contribution >= 4 is 34.2 Å². The Labute approximate surface area is 112 Å². The topological polar surface area (TPSA) is 88.0 Å². The molecule has 0 aromatic carbocycles. The largest absolute Gasteiger partial charge is 0.351 e. The van der Waals surface area contributed by atoms with E-state index >= 15 is 0 Å². The molecule has 1 aromatic rings. The number of alkyl halides is 1. The Morgan fingerprint density at radius 2 is 2.29 bits per heavy atom. The summed E-state index contributed by atoms with van der Waals surface area (Å²) in [4.78, 5) is 24.3. The summed E-state index contributed by atoms with van der Waals surface area (Å²) in [6.45, 7) is 4.03. The molecule has 0 saturated heterocycles. The predicted octanol–water partition coefficient (Wildman–Crippen LogP) is 2.11. The highest BCUT2D eigenvalue weighted by molar-refractivity contribution is 14.1. The Morgan fingerprint density at radius 1 is 1.65 bits per heavy atom. The molecule has 0 aliphatic rings. The van der Waals surface area contributed by atoms with Crippen molar-refractivity contribution in [1.82, 2.24) is 10.3 Å². The van der Waals surface area contributed by atoms with Crippen molar-refractivity contribution in [2.24, 2.45) is 5.92 Å². The molecule has 94 valence electrons. The molecular formula is C10H14IN3O3. The van der Waals surface area contributed by atoms with Crippen LogP contribution in [-0.2, 0) is 0 Å². The van der Waals surface area contributed by atoms with Crippen molar-refractivity contribution in [3.8, 4) is 0 Å². The lowest BCUT2D eigenvalue weighted by atomic mass is 10.1. The van der Waals surface area contributed by atoms with Crippen LogP contribution >= 0.6 is 22.6 Å². The van der Waals surface area contributed by atoms with Crippen LogP contribution < -0.4 is 5.32 Å². The van der Waals surface area contributed by atoms with Crippen molar-refractivity contribution in [3.63, 3.8) is 0 Å². The number of nitrogens with zero attached hydrogens (tertiary/aromatic N) is 1. The van der Waals surface area contributed by atoms with Crippen molar-refractivity contribution in [2.75, 3.05) is 4.43 Å². The maximum atomic E-state index is 11.8. The van der Waals surface area contributed by atoms with Crippen molar-refractivity contribution < 1.29 is 9.72 Å². The van der Waals surface area contributed by atoms with Crippen molar-refractivity contribution in [2.45, 2.75) is 19.9 Å². The van der Waals surface area contributed by atoms with Gasteiger partial charge in [-0.15, -0.1) is 0 Å². The van der Waals surface area contributed by atoms with Gasteiger partial charge in [0.1, 0.15) is 5.69 Å². The molecule has 0 aliphatic carbocycles. The van der Waals surface area contributed by atoms with Crippen LogP contribution in [0.5, 0.6) is 0 Å². The SMILES string of the molecule is CC(C)C(CI)NC(=O)c1cc([N+](=O)[O-])c[nH]1. The molecule has 0 spiro atoms. The van der Waals surface area contributed by atoms with Gasteiger partial charge in [-0.05, 0) is 5.92 Å². The zero-order chi connectivity index (χ0) is 13.0. The van der Waals surface area contributed by atoms with E-state index < -0.39 is 4.92 Å². The zero-order valence-electron chi connectivity index (χ0n) is 9.57. The highest BCUT2D eigenvalue weighted by atomic mass is 127. The number of hydrogen-bond donors (Lipinski definition) is 2. The highest BCUT2D eigenvalue weighted by Crippen LogP contribution is 2.13. The summed E-state index contributed by atoms with van der Waals surface area (Å²) in [6, 6.07) is 1.30. The van der Waals surface area contributed by atoms with Gasteiger partial charge in [-0.2, -0.15) is 0 Å². The second-order valence-electron chi connectivity index (χ2n) is 4.01. The fourth-order valence-electron chi connectivity index (χ4n) is 1.25. The summed E-state index contributed by atoms with van der Waals surface area (Å²) in [6.07, 6.45) is 1.21. The van der Waals surface area contributed by atoms with Gasteiger partial charge in [0.2, 0.25) is 0 Å². The van der Waals surface area contributed by atoms with Gasteiger partial charge < -0.3 is 10.3 Å². The standard InChI is InChI=1S/C10H14IN3O3/c1-6(2)9(4-11)13-10(15)8-3-7(5-12-8)14(16)17/h3,5-6,9,12H,4H2,1-2H3,(H,13,15). The number of amides is 1. The summed E-state index contributed by atoms with van der Waals surface area (Å²) in [7, 11) is 0. The van der Waals surface area contributed by atoms with Gasteiger partial charge in [0.15, 0.2) is 0 Å². The monoisotopic (exact) mass is 351 g/mol. The Kier molecular flexibility index (Phi) is 4.91. The zero-order valence-corrected chi connectivity index (χ0v) is 11.7. The molecule has 17 heavy (non-hydrogen) atoms. The second-order valence-corrected chi connectivity index (χ2v) is 4.89. The number of H-pyrrole nitrogens is 1. The highest BCUT2D eigenvalue weighted by Gasteiger charge is 2.19. The summed E-state index contributed by atoms with van der Waals surface area (Å²) in [5.41, 5.74) is 0.109. The van der Waals surface area contributed by atoms with Crippen LogP contribution in [0.3, 0.4) is 0 Å². The maximum Gasteiger partial charge on any atom is 0.287 e. The van der Waals surface area contributed by atoms with E-state index in [0.717, 1.165) is 4.43 Å². The third-order valence-corrected chi connectivity index (χ3v) is 3.36. The minimum absolute atomic E-state index is 0.0606. The summed E-state index contributed by atoms with van der Waals surface area (Å²) < 4.78 is 0.796. The maximum absolute atomic E-state index is 11.8. The van der Waals surface area contributed by atoms with E-state index in [9.17, 15) is 14.9 Å².